The molecule has 8 nitrogen and oxygen atoms in total. The predicted molar refractivity (Wildman–Crippen MR) is 116 cm³/mol. The van der Waals surface area contributed by atoms with Gasteiger partial charge in [0.15, 0.2) is 6.10 Å². The van der Waals surface area contributed by atoms with Gasteiger partial charge < -0.3 is 24.7 Å². The zero-order valence-corrected chi connectivity index (χ0v) is 17.7. The fourth-order valence-corrected chi connectivity index (χ4v) is 2.87. The monoisotopic (exact) mass is 466 g/mol. The molecule has 0 fully saturated rings. The van der Waals surface area contributed by atoms with Crippen LogP contribution in [0.2, 0.25) is 5.02 Å². The van der Waals surface area contributed by atoms with Crippen LogP contribution in [-0.4, -0.2) is 36.0 Å². The molecular weight excluding hydrogens is 450 g/mol. The molecule has 0 aromatic heterocycles. The fraction of sp³-hybridized carbons (Fsp3) is 0.0833. The van der Waals surface area contributed by atoms with E-state index >= 15 is 0 Å². The molecule has 2 atom stereocenters. The summed E-state index contributed by atoms with van der Waals surface area (Å²) in [6.45, 7) is 0. The van der Waals surface area contributed by atoms with E-state index in [0.717, 1.165) is 0 Å². The Balaban J connectivity index is 1.89. The number of carbonyl (C=O) groups excluding carboxylic acids is 4. The number of hydrogen-bond acceptors (Lipinski definition) is 7. The van der Waals surface area contributed by atoms with Crippen LogP contribution in [-0.2, 0) is 19.1 Å². The van der Waals surface area contributed by atoms with Gasteiger partial charge in [-0.25, -0.2) is 9.59 Å². The quantitative estimate of drug-likeness (QED) is 0.506. The van der Waals surface area contributed by atoms with Crippen LogP contribution in [0.15, 0.2) is 84.9 Å². The summed E-state index contributed by atoms with van der Waals surface area (Å²) in [5.41, 5.74) is 0.347. The number of benzene rings is 3. The van der Waals surface area contributed by atoms with E-state index in [9.17, 15) is 24.3 Å². The highest BCUT2D eigenvalue weighted by Crippen LogP contribution is 2.17. The number of ether oxygens (including phenoxy) is 2. The van der Waals surface area contributed by atoms with Gasteiger partial charge in [-0.3, -0.25) is 4.79 Å². The summed E-state index contributed by atoms with van der Waals surface area (Å²) >= 11 is 5.83. The van der Waals surface area contributed by atoms with Crippen molar-refractivity contribution in [3.63, 3.8) is 0 Å². The molecule has 0 aliphatic carbocycles. The standard InChI is InChI=1S/C24H18ClNO7/c25-17-11-13-18(14-12-17)26-21(27)19(32-23(30)15-7-3-1-4-8-15)20(22(28)29)33-24(31)16-9-5-2-6-10-16/h1-14,19-20H,(H,26,27)(H,28,29)/p-1/t19-,20-/m1/s1. The van der Waals surface area contributed by atoms with Gasteiger partial charge >= 0.3 is 11.9 Å². The van der Waals surface area contributed by atoms with Gasteiger partial charge in [0.05, 0.1) is 17.1 Å². The number of hydrogen-bond donors (Lipinski definition) is 1. The molecule has 3 aromatic rings. The van der Waals surface area contributed by atoms with Crippen molar-refractivity contribution in [2.45, 2.75) is 12.2 Å². The van der Waals surface area contributed by atoms with Crippen molar-refractivity contribution >= 4 is 41.1 Å². The summed E-state index contributed by atoms with van der Waals surface area (Å²) in [6, 6.07) is 21.1. The van der Waals surface area contributed by atoms with Crippen LogP contribution >= 0.6 is 11.6 Å². The van der Waals surface area contributed by atoms with E-state index < -0.39 is 36.0 Å². The van der Waals surface area contributed by atoms with Crippen molar-refractivity contribution in [2.24, 2.45) is 0 Å². The predicted octanol–water partition coefficient (Wildman–Crippen LogP) is 2.48. The molecule has 0 saturated carbocycles. The molecular formula is C24H17ClNO7-. The van der Waals surface area contributed by atoms with Crippen LogP contribution in [0.25, 0.3) is 0 Å². The van der Waals surface area contributed by atoms with Gasteiger partial charge in [-0.05, 0) is 48.5 Å². The number of aliphatic carboxylic acids is 1. The smallest absolute Gasteiger partial charge is 0.339 e. The van der Waals surface area contributed by atoms with Gasteiger partial charge in [-0.15, -0.1) is 0 Å². The molecule has 0 bridgehead atoms. The number of amides is 1. The summed E-state index contributed by atoms with van der Waals surface area (Å²) in [6.07, 6.45) is -4.27. The van der Waals surface area contributed by atoms with Gasteiger partial charge in [0.1, 0.15) is 0 Å². The lowest BCUT2D eigenvalue weighted by molar-refractivity contribution is -0.317. The average Bonchev–Trinajstić information content (AvgIpc) is 2.83. The zero-order valence-electron chi connectivity index (χ0n) is 17.0. The van der Waals surface area contributed by atoms with Crippen LogP contribution in [0.1, 0.15) is 20.7 Å². The van der Waals surface area contributed by atoms with E-state index in [1.54, 1.807) is 36.4 Å². The zero-order chi connectivity index (χ0) is 23.8. The minimum atomic E-state index is -2.22. The molecule has 0 saturated heterocycles. The molecule has 0 radical (unpaired) electrons. The largest absolute Gasteiger partial charge is 0.546 e. The van der Waals surface area contributed by atoms with Gasteiger partial charge in [0.2, 0.25) is 6.10 Å². The van der Waals surface area contributed by atoms with Crippen molar-refractivity contribution in [3.05, 3.63) is 101 Å². The van der Waals surface area contributed by atoms with Gasteiger partial charge in [-0.1, -0.05) is 48.0 Å². The lowest BCUT2D eigenvalue weighted by Crippen LogP contribution is -2.52. The van der Waals surface area contributed by atoms with E-state index in [4.69, 9.17) is 21.1 Å². The highest BCUT2D eigenvalue weighted by molar-refractivity contribution is 6.30. The van der Waals surface area contributed by atoms with Crippen LogP contribution < -0.4 is 10.4 Å². The number of halogens is 1. The molecule has 9 heteroatoms. The number of esters is 2. The number of carbonyl (C=O) groups is 4. The second-order valence-electron chi connectivity index (χ2n) is 6.70. The highest BCUT2D eigenvalue weighted by atomic mass is 35.5. The van der Waals surface area contributed by atoms with Gasteiger partial charge in [0, 0.05) is 10.7 Å². The van der Waals surface area contributed by atoms with E-state index in [1.165, 1.54) is 48.5 Å². The number of rotatable bonds is 8. The van der Waals surface area contributed by atoms with Crippen LogP contribution in [0.3, 0.4) is 0 Å². The Morgan fingerprint density at radius 1 is 0.697 bits per heavy atom. The van der Waals surface area contributed by atoms with E-state index in [2.05, 4.69) is 5.32 Å². The number of nitrogens with one attached hydrogen (secondary N) is 1. The van der Waals surface area contributed by atoms with Gasteiger partial charge in [-0.2, -0.15) is 0 Å². The highest BCUT2D eigenvalue weighted by Gasteiger charge is 2.37. The fourth-order valence-electron chi connectivity index (χ4n) is 2.75. The molecule has 0 aliphatic rings. The Morgan fingerprint density at radius 2 is 1.15 bits per heavy atom. The maximum atomic E-state index is 12.9. The Bertz CT molecular complexity index is 1130. The van der Waals surface area contributed by atoms with Crippen LogP contribution in [0, 0.1) is 0 Å². The molecule has 33 heavy (non-hydrogen) atoms. The third-order valence-electron chi connectivity index (χ3n) is 4.36. The van der Waals surface area contributed by atoms with Crippen molar-refractivity contribution in [3.8, 4) is 0 Å². The third-order valence-corrected chi connectivity index (χ3v) is 4.62. The van der Waals surface area contributed by atoms with E-state index in [-0.39, 0.29) is 16.8 Å². The van der Waals surface area contributed by atoms with Crippen LogP contribution in [0.5, 0.6) is 0 Å². The number of carboxylic acid groups (broad SMARTS) is 1. The van der Waals surface area contributed by atoms with Gasteiger partial charge in [0.25, 0.3) is 5.91 Å². The third kappa shape index (κ3) is 6.41. The van der Waals surface area contributed by atoms with E-state index in [1.807, 2.05) is 0 Å². The molecule has 3 rings (SSSR count). The normalized spacial score (nSPS) is 12.2. The second-order valence-corrected chi connectivity index (χ2v) is 7.14. The first-order chi connectivity index (χ1) is 15.8. The molecule has 0 aliphatic heterocycles. The summed E-state index contributed by atoms with van der Waals surface area (Å²) in [7, 11) is 0. The van der Waals surface area contributed by atoms with Crippen molar-refractivity contribution in [2.75, 3.05) is 5.32 Å². The summed E-state index contributed by atoms with van der Waals surface area (Å²) in [5.74, 6) is -4.99. The molecule has 1 amide bonds. The minimum Gasteiger partial charge on any atom is -0.546 e. The topological polar surface area (TPSA) is 122 Å². The first-order valence-electron chi connectivity index (χ1n) is 9.64. The maximum Gasteiger partial charge on any atom is 0.339 e. The summed E-state index contributed by atoms with van der Waals surface area (Å²) in [5, 5.41) is 14.7. The second kappa shape index (κ2) is 10.9. The van der Waals surface area contributed by atoms with Crippen molar-refractivity contribution in [1.29, 1.82) is 0 Å². The maximum absolute atomic E-state index is 12.9. The Labute approximate surface area is 193 Å². The number of carboxylic acids is 1. The first kappa shape index (κ1) is 23.5. The molecule has 1 N–H and O–H groups in total. The minimum absolute atomic E-state index is 0.0370. The summed E-state index contributed by atoms with van der Waals surface area (Å²) in [4.78, 5) is 49.8. The van der Waals surface area contributed by atoms with Crippen LogP contribution in [0.4, 0.5) is 5.69 Å². The van der Waals surface area contributed by atoms with Crippen molar-refractivity contribution in [1.82, 2.24) is 0 Å². The lowest BCUT2D eigenvalue weighted by Gasteiger charge is -2.27. The summed E-state index contributed by atoms with van der Waals surface area (Å²) < 4.78 is 10.2. The molecule has 3 aromatic carbocycles. The van der Waals surface area contributed by atoms with E-state index in [0.29, 0.717) is 5.02 Å². The Morgan fingerprint density at radius 3 is 1.61 bits per heavy atom. The first-order valence-corrected chi connectivity index (χ1v) is 10.0. The molecule has 0 heterocycles. The number of anilines is 1. The Kier molecular flexibility index (Phi) is 7.77. The Hall–Kier alpha value is -4.17. The average molecular weight is 467 g/mol. The SMILES string of the molecule is O=C(O[C@@H](C(=O)[O-])[C@@H](OC(=O)c1ccccc1)C(=O)Nc1ccc(Cl)cc1)c1ccccc1. The molecule has 0 unspecified atom stereocenters. The lowest BCUT2D eigenvalue weighted by atomic mass is 10.1. The van der Waals surface area contributed by atoms with Crippen molar-refractivity contribution < 1.29 is 33.8 Å². The molecule has 0 spiro atoms. The molecule has 168 valence electrons.